The minimum atomic E-state index is -4.39. The molecule has 1 aromatic carbocycles. The Morgan fingerprint density at radius 2 is 2.00 bits per heavy atom. The van der Waals surface area contributed by atoms with Crippen LogP contribution in [0.3, 0.4) is 0 Å². The van der Waals surface area contributed by atoms with Crippen LogP contribution >= 0.6 is 0 Å². The number of rotatable bonds is 4. The van der Waals surface area contributed by atoms with Gasteiger partial charge in [-0.05, 0) is 18.2 Å². The third-order valence-corrected chi connectivity index (χ3v) is 2.34. The number of ether oxygens (including phenoxy) is 2. The summed E-state index contributed by atoms with van der Waals surface area (Å²) in [6.07, 6.45) is 0. The van der Waals surface area contributed by atoms with Crippen LogP contribution in [0.25, 0.3) is 0 Å². The lowest BCUT2D eigenvalue weighted by molar-refractivity contribution is 0.0600. The number of benzene rings is 1. The molecule has 0 aliphatic heterocycles. The Hall–Kier alpha value is -1.80. The van der Waals surface area contributed by atoms with Gasteiger partial charge >= 0.3 is 16.3 Å². The molecule has 1 aromatic rings. The maximum absolute atomic E-state index is 11.2. The number of anilines is 1. The average molecular weight is 261 g/mol. The smallest absolute Gasteiger partial charge is 0.357 e. The van der Waals surface area contributed by atoms with Crippen molar-refractivity contribution in [1.82, 2.24) is 0 Å². The molecule has 0 atom stereocenters. The van der Waals surface area contributed by atoms with Crippen molar-refractivity contribution in [1.29, 1.82) is 0 Å². The van der Waals surface area contributed by atoms with Gasteiger partial charge < -0.3 is 9.47 Å². The summed E-state index contributed by atoms with van der Waals surface area (Å²) in [6.45, 7) is 0. The zero-order valence-electron chi connectivity index (χ0n) is 9.13. The first-order valence-corrected chi connectivity index (χ1v) is 5.83. The van der Waals surface area contributed by atoms with E-state index in [2.05, 4.69) is 4.74 Å². The van der Waals surface area contributed by atoms with Crippen molar-refractivity contribution >= 4 is 22.0 Å². The first-order chi connectivity index (χ1) is 7.87. The van der Waals surface area contributed by atoms with Crippen molar-refractivity contribution in [3.63, 3.8) is 0 Å². The fourth-order valence-electron chi connectivity index (χ4n) is 1.16. The molecule has 7 nitrogen and oxygen atoms in total. The van der Waals surface area contributed by atoms with Crippen molar-refractivity contribution in [3.8, 4) is 5.75 Å². The Morgan fingerprint density at radius 3 is 2.47 bits per heavy atom. The first-order valence-electron chi connectivity index (χ1n) is 4.39. The van der Waals surface area contributed by atoms with E-state index in [1.807, 2.05) is 4.72 Å². The van der Waals surface area contributed by atoms with E-state index >= 15 is 0 Å². The van der Waals surface area contributed by atoms with E-state index in [-0.39, 0.29) is 17.0 Å². The van der Waals surface area contributed by atoms with E-state index in [0.29, 0.717) is 0 Å². The van der Waals surface area contributed by atoms with Crippen molar-refractivity contribution in [2.75, 3.05) is 18.9 Å². The molecule has 8 heteroatoms. The van der Waals surface area contributed by atoms with Crippen LogP contribution in [0.5, 0.6) is 5.75 Å². The van der Waals surface area contributed by atoms with Gasteiger partial charge in [0.2, 0.25) is 0 Å². The maximum atomic E-state index is 11.2. The van der Waals surface area contributed by atoms with Crippen LogP contribution < -0.4 is 9.46 Å². The SMILES string of the molecule is COC(=O)c1ccc(NS(=O)(=O)O)c(OC)c1. The molecule has 0 aliphatic carbocycles. The Bertz CT molecular complexity index is 524. The van der Waals surface area contributed by atoms with E-state index in [1.54, 1.807) is 0 Å². The van der Waals surface area contributed by atoms with Crippen molar-refractivity contribution in [2.45, 2.75) is 0 Å². The molecule has 0 aromatic heterocycles. The highest BCUT2D eigenvalue weighted by Crippen LogP contribution is 2.26. The van der Waals surface area contributed by atoms with Crippen LogP contribution in [0.15, 0.2) is 18.2 Å². The summed E-state index contributed by atoms with van der Waals surface area (Å²) in [5.41, 5.74) is 0.216. The van der Waals surface area contributed by atoms with Gasteiger partial charge in [-0.25, -0.2) is 4.79 Å². The molecule has 0 spiro atoms. The molecule has 0 bridgehead atoms. The molecule has 0 saturated heterocycles. The largest absolute Gasteiger partial charge is 0.495 e. The molecular formula is C9H11NO6S. The highest BCUT2D eigenvalue weighted by atomic mass is 32.2. The summed E-state index contributed by atoms with van der Waals surface area (Å²) in [5.74, 6) is -0.493. The summed E-state index contributed by atoms with van der Waals surface area (Å²) >= 11 is 0. The predicted octanol–water partition coefficient (Wildman–Crippen LogP) is 0.697. The van der Waals surface area contributed by atoms with Crippen molar-refractivity contribution in [3.05, 3.63) is 23.8 Å². The summed E-state index contributed by atoms with van der Waals surface area (Å²) in [4.78, 5) is 11.2. The fourth-order valence-corrected chi connectivity index (χ4v) is 1.61. The highest BCUT2D eigenvalue weighted by Gasteiger charge is 2.13. The molecule has 1 rings (SSSR count). The number of esters is 1. The summed E-state index contributed by atoms with van der Waals surface area (Å²) < 4.78 is 41.1. The summed E-state index contributed by atoms with van der Waals surface area (Å²) in [7, 11) is -1.88. The normalized spacial score (nSPS) is 10.8. The highest BCUT2D eigenvalue weighted by molar-refractivity contribution is 7.87. The number of carbonyl (C=O) groups is 1. The van der Waals surface area contributed by atoms with Gasteiger partial charge in [-0.2, -0.15) is 8.42 Å². The van der Waals surface area contributed by atoms with Gasteiger partial charge in [-0.1, -0.05) is 0 Å². The lowest BCUT2D eigenvalue weighted by Crippen LogP contribution is -2.12. The van der Waals surface area contributed by atoms with Crippen LogP contribution in [0, 0.1) is 0 Å². The van der Waals surface area contributed by atoms with Crippen LogP contribution in [-0.4, -0.2) is 33.2 Å². The zero-order chi connectivity index (χ0) is 13.1. The lowest BCUT2D eigenvalue weighted by atomic mass is 10.2. The molecule has 0 amide bonds. The van der Waals surface area contributed by atoms with Gasteiger partial charge in [-0.15, -0.1) is 0 Å². The first kappa shape index (κ1) is 13.3. The Morgan fingerprint density at radius 1 is 1.35 bits per heavy atom. The maximum Gasteiger partial charge on any atom is 0.357 e. The van der Waals surface area contributed by atoms with Crippen LogP contribution in [0.1, 0.15) is 10.4 Å². The third kappa shape index (κ3) is 3.61. The molecule has 0 unspecified atom stereocenters. The van der Waals surface area contributed by atoms with Crippen molar-refractivity contribution in [2.24, 2.45) is 0 Å². The summed E-state index contributed by atoms with van der Waals surface area (Å²) in [6, 6.07) is 3.90. The van der Waals surface area contributed by atoms with Gasteiger partial charge in [0.05, 0.1) is 25.5 Å². The standard InChI is InChI=1S/C9H11NO6S/c1-15-8-5-6(9(11)16-2)3-4-7(8)10-17(12,13)14/h3-5,10H,1-2H3,(H,12,13,14). The average Bonchev–Trinajstić information content (AvgIpc) is 2.26. The van der Waals surface area contributed by atoms with E-state index in [4.69, 9.17) is 9.29 Å². The van der Waals surface area contributed by atoms with Gasteiger partial charge in [0.15, 0.2) is 0 Å². The van der Waals surface area contributed by atoms with Gasteiger partial charge in [0, 0.05) is 0 Å². The van der Waals surface area contributed by atoms with Gasteiger partial charge in [-0.3, -0.25) is 9.27 Å². The van der Waals surface area contributed by atoms with E-state index in [9.17, 15) is 13.2 Å². The number of nitrogens with one attached hydrogen (secondary N) is 1. The second kappa shape index (κ2) is 5.02. The molecule has 2 N–H and O–H groups in total. The second-order valence-corrected chi connectivity index (χ2v) is 4.14. The molecule has 0 saturated carbocycles. The minimum absolute atomic E-state index is 0.0163. The molecule has 0 fully saturated rings. The fraction of sp³-hybridized carbons (Fsp3) is 0.222. The lowest BCUT2D eigenvalue weighted by Gasteiger charge is -2.09. The topological polar surface area (TPSA) is 102 Å². The van der Waals surface area contributed by atoms with Crippen LogP contribution in [0.2, 0.25) is 0 Å². The van der Waals surface area contributed by atoms with Gasteiger partial charge in [0.1, 0.15) is 5.75 Å². The molecule has 0 heterocycles. The number of hydrogen-bond donors (Lipinski definition) is 2. The van der Waals surface area contributed by atoms with E-state index in [1.165, 1.54) is 32.4 Å². The zero-order valence-corrected chi connectivity index (χ0v) is 9.95. The van der Waals surface area contributed by atoms with E-state index in [0.717, 1.165) is 0 Å². The Labute approximate surface area is 98.2 Å². The van der Waals surface area contributed by atoms with Crippen LogP contribution in [-0.2, 0) is 15.0 Å². The molecule has 0 radical (unpaired) electrons. The number of hydrogen-bond acceptors (Lipinski definition) is 5. The summed E-state index contributed by atoms with van der Waals surface area (Å²) in [5, 5.41) is 0. The van der Waals surface area contributed by atoms with Crippen molar-refractivity contribution < 1.29 is 27.2 Å². The molecule has 0 aliphatic rings. The Balaban J connectivity index is 3.14. The van der Waals surface area contributed by atoms with Crippen LogP contribution in [0.4, 0.5) is 5.69 Å². The second-order valence-electron chi connectivity index (χ2n) is 2.98. The van der Waals surface area contributed by atoms with E-state index < -0.39 is 16.3 Å². The predicted molar refractivity (Wildman–Crippen MR) is 59.5 cm³/mol. The number of carbonyl (C=O) groups excluding carboxylic acids is 1. The molecule has 94 valence electrons. The molecular weight excluding hydrogens is 250 g/mol. The third-order valence-electron chi connectivity index (χ3n) is 1.86. The quantitative estimate of drug-likeness (QED) is 0.611. The minimum Gasteiger partial charge on any atom is -0.495 e. The number of methoxy groups -OCH3 is 2. The van der Waals surface area contributed by atoms with Gasteiger partial charge in [0.25, 0.3) is 0 Å². The Kier molecular flexibility index (Phi) is 3.92. The monoisotopic (exact) mass is 261 g/mol. The molecule has 17 heavy (non-hydrogen) atoms.